The lowest BCUT2D eigenvalue weighted by molar-refractivity contribution is -0.129. The standard InChI is InChI=1S/C22H26FN3O2/c1-26(2)21(27)12-15-6-9-19(10-7-15)25-22(28)17-8-11-20(24-14-17)16-4-3-5-18(23)13-16/h3-5,8,11,13-15,19H,6-7,9-10,12H2,1-2H3,(H,25,28). The van der Waals surface area contributed by atoms with Crippen LogP contribution in [0.2, 0.25) is 0 Å². The number of nitrogens with zero attached hydrogens (tertiary/aromatic N) is 2. The van der Waals surface area contributed by atoms with Crippen LogP contribution in [0.25, 0.3) is 11.3 Å². The topological polar surface area (TPSA) is 62.3 Å². The van der Waals surface area contributed by atoms with Gasteiger partial charge >= 0.3 is 0 Å². The lowest BCUT2D eigenvalue weighted by atomic mass is 9.84. The molecule has 1 saturated carbocycles. The first-order chi connectivity index (χ1) is 13.4. The fourth-order valence-corrected chi connectivity index (χ4v) is 3.56. The summed E-state index contributed by atoms with van der Waals surface area (Å²) in [6.45, 7) is 0. The summed E-state index contributed by atoms with van der Waals surface area (Å²) in [5.74, 6) is 0.0994. The zero-order valence-electron chi connectivity index (χ0n) is 16.3. The number of hydrogen-bond donors (Lipinski definition) is 1. The summed E-state index contributed by atoms with van der Waals surface area (Å²) in [4.78, 5) is 30.3. The molecule has 1 aromatic carbocycles. The summed E-state index contributed by atoms with van der Waals surface area (Å²) in [6.07, 6.45) is 5.76. The van der Waals surface area contributed by atoms with Gasteiger partial charge in [0.25, 0.3) is 5.91 Å². The van der Waals surface area contributed by atoms with Gasteiger partial charge in [-0.1, -0.05) is 12.1 Å². The fourth-order valence-electron chi connectivity index (χ4n) is 3.56. The zero-order valence-corrected chi connectivity index (χ0v) is 16.3. The molecule has 1 aliphatic rings. The average Bonchev–Trinajstić information content (AvgIpc) is 2.69. The number of hydrogen-bond acceptors (Lipinski definition) is 3. The number of carbonyl (C=O) groups excluding carboxylic acids is 2. The number of benzene rings is 1. The predicted molar refractivity (Wildman–Crippen MR) is 106 cm³/mol. The molecule has 1 aromatic heterocycles. The van der Waals surface area contributed by atoms with Gasteiger partial charge in [-0.05, 0) is 55.9 Å². The van der Waals surface area contributed by atoms with Gasteiger partial charge in [-0.15, -0.1) is 0 Å². The average molecular weight is 383 g/mol. The second-order valence-electron chi connectivity index (χ2n) is 7.63. The highest BCUT2D eigenvalue weighted by molar-refractivity contribution is 5.94. The summed E-state index contributed by atoms with van der Waals surface area (Å²) < 4.78 is 13.3. The summed E-state index contributed by atoms with van der Waals surface area (Å²) in [6, 6.07) is 9.79. The van der Waals surface area contributed by atoms with Gasteiger partial charge in [0.2, 0.25) is 5.91 Å². The smallest absolute Gasteiger partial charge is 0.253 e. The molecular weight excluding hydrogens is 357 g/mol. The number of amides is 2. The van der Waals surface area contributed by atoms with E-state index in [0.717, 1.165) is 25.7 Å². The SMILES string of the molecule is CN(C)C(=O)CC1CCC(NC(=O)c2ccc(-c3cccc(F)c3)nc2)CC1. The Bertz CT molecular complexity index is 828. The molecule has 0 unspecified atom stereocenters. The lowest BCUT2D eigenvalue weighted by Gasteiger charge is -2.29. The van der Waals surface area contributed by atoms with Crippen LogP contribution in [0.5, 0.6) is 0 Å². The molecule has 148 valence electrons. The van der Waals surface area contributed by atoms with Gasteiger partial charge in [-0.3, -0.25) is 14.6 Å². The van der Waals surface area contributed by atoms with Crippen molar-refractivity contribution in [3.63, 3.8) is 0 Å². The van der Waals surface area contributed by atoms with E-state index in [2.05, 4.69) is 10.3 Å². The molecule has 2 aromatic rings. The lowest BCUT2D eigenvalue weighted by Crippen LogP contribution is -2.38. The molecule has 1 fully saturated rings. The summed E-state index contributed by atoms with van der Waals surface area (Å²) in [5.41, 5.74) is 1.80. The molecule has 1 aliphatic carbocycles. The van der Waals surface area contributed by atoms with E-state index in [4.69, 9.17) is 0 Å². The maximum atomic E-state index is 13.3. The van der Waals surface area contributed by atoms with Crippen molar-refractivity contribution < 1.29 is 14.0 Å². The summed E-state index contributed by atoms with van der Waals surface area (Å²) in [7, 11) is 3.56. The van der Waals surface area contributed by atoms with Crippen LogP contribution >= 0.6 is 0 Å². The van der Waals surface area contributed by atoms with Crippen molar-refractivity contribution in [2.45, 2.75) is 38.1 Å². The van der Waals surface area contributed by atoms with E-state index in [1.165, 1.54) is 18.3 Å². The molecule has 2 amide bonds. The van der Waals surface area contributed by atoms with Crippen molar-refractivity contribution in [3.05, 3.63) is 54.0 Å². The molecule has 0 spiro atoms. The predicted octanol–water partition coefficient (Wildman–Crippen LogP) is 3.65. The number of nitrogens with one attached hydrogen (secondary N) is 1. The van der Waals surface area contributed by atoms with Crippen LogP contribution in [-0.2, 0) is 4.79 Å². The van der Waals surface area contributed by atoms with Crippen LogP contribution in [-0.4, -0.2) is 41.8 Å². The van der Waals surface area contributed by atoms with E-state index in [1.807, 2.05) is 0 Å². The van der Waals surface area contributed by atoms with E-state index in [9.17, 15) is 14.0 Å². The molecule has 28 heavy (non-hydrogen) atoms. The van der Waals surface area contributed by atoms with Crippen LogP contribution in [0.3, 0.4) is 0 Å². The second kappa shape index (κ2) is 8.95. The fraction of sp³-hybridized carbons (Fsp3) is 0.409. The first-order valence-corrected chi connectivity index (χ1v) is 9.65. The third-order valence-corrected chi connectivity index (χ3v) is 5.29. The van der Waals surface area contributed by atoms with Gasteiger partial charge in [-0.2, -0.15) is 0 Å². The molecule has 0 saturated heterocycles. The minimum atomic E-state index is -0.316. The third-order valence-electron chi connectivity index (χ3n) is 5.29. The van der Waals surface area contributed by atoms with Crippen LogP contribution in [0.15, 0.2) is 42.6 Å². The van der Waals surface area contributed by atoms with E-state index < -0.39 is 0 Å². The minimum absolute atomic E-state index is 0.126. The monoisotopic (exact) mass is 383 g/mol. The van der Waals surface area contributed by atoms with Crippen molar-refractivity contribution >= 4 is 11.8 Å². The van der Waals surface area contributed by atoms with Gasteiger partial charge < -0.3 is 10.2 Å². The molecule has 0 aliphatic heterocycles. The van der Waals surface area contributed by atoms with E-state index in [-0.39, 0.29) is 23.7 Å². The largest absolute Gasteiger partial charge is 0.349 e. The molecule has 5 nitrogen and oxygen atoms in total. The normalized spacial score (nSPS) is 19.1. The number of halogens is 1. The highest BCUT2D eigenvalue weighted by atomic mass is 19.1. The number of carbonyl (C=O) groups is 2. The van der Waals surface area contributed by atoms with Crippen LogP contribution in [0, 0.1) is 11.7 Å². The summed E-state index contributed by atoms with van der Waals surface area (Å²) >= 11 is 0. The molecule has 3 rings (SSSR count). The molecule has 0 atom stereocenters. The van der Waals surface area contributed by atoms with E-state index in [1.54, 1.807) is 43.3 Å². The van der Waals surface area contributed by atoms with Crippen LogP contribution < -0.4 is 5.32 Å². The summed E-state index contributed by atoms with van der Waals surface area (Å²) in [5, 5.41) is 3.07. The Labute approximate surface area is 165 Å². The van der Waals surface area contributed by atoms with E-state index in [0.29, 0.717) is 29.2 Å². The minimum Gasteiger partial charge on any atom is -0.349 e. The molecule has 0 bridgehead atoms. The number of aromatic nitrogens is 1. The Morgan fingerprint density at radius 1 is 1.14 bits per heavy atom. The van der Waals surface area contributed by atoms with Crippen LogP contribution in [0.4, 0.5) is 4.39 Å². The molecule has 6 heteroatoms. The second-order valence-corrected chi connectivity index (χ2v) is 7.63. The van der Waals surface area contributed by atoms with Gasteiger partial charge in [-0.25, -0.2) is 4.39 Å². The third kappa shape index (κ3) is 5.15. The van der Waals surface area contributed by atoms with Crippen molar-refractivity contribution in [1.82, 2.24) is 15.2 Å². The molecule has 1 N–H and O–H groups in total. The first kappa shape index (κ1) is 20.0. The van der Waals surface area contributed by atoms with Gasteiger partial charge in [0.15, 0.2) is 0 Å². The van der Waals surface area contributed by atoms with Crippen molar-refractivity contribution in [2.75, 3.05) is 14.1 Å². The first-order valence-electron chi connectivity index (χ1n) is 9.65. The van der Waals surface area contributed by atoms with Crippen LogP contribution in [0.1, 0.15) is 42.5 Å². The highest BCUT2D eigenvalue weighted by Crippen LogP contribution is 2.27. The highest BCUT2D eigenvalue weighted by Gasteiger charge is 2.25. The van der Waals surface area contributed by atoms with Crippen molar-refractivity contribution in [2.24, 2.45) is 5.92 Å². The quantitative estimate of drug-likeness (QED) is 0.857. The number of rotatable bonds is 5. The Hall–Kier alpha value is -2.76. The zero-order chi connectivity index (χ0) is 20.1. The van der Waals surface area contributed by atoms with Gasteiger partial charge in [0, 0.05) is 38.3 Å². The van der Waals surface area contributed by atoms with E-state index >= 15 is 0 Å². The maximum absolute atomic E-state index is 13.3. The molecule has 0 radical (unpaired) electrons. The van der Waals surface area contributed by atoms with Gasteiger partial charge in [0.1, 0.15) is 5.82 Å². The van der Waals surface area contributed by atoms with Gasteiger partial charge in [0.05, 0.1) is 11.3 Å². The van der Waals surface area contributed by atoms with Crippen molar-refractivity contribution in [1.29, 1.82) is 0 Å². The molecular formula is C22H26FN3O2. The molecule has 1 heterocycles. The Morgan fingerprint density at radius 3 is 2.50 bits per heavy atom. The number of pyridine rings is 1. The Balaban J connectivity index is 1.52. The Kier molecular flexibility index (Phi) is 6.39. The maximum Gasteiger partial charge on any atom is 0.253 e. The Morgan fingerprint density at radius 2 is 1.89 bits per heavy atom. The van der Waals surface area contributed by atoms with Crippen molar-refractivity contribution in [3.8, 4) is 11.3 Å².